The number of hydrogen-bond acceptors (Lipinski definition) is 4. The Morgan fingerprint density at radius 3 is 2.34 bits per heavy atom. The fourth-order valence-corrected chi connectivity index (χ4v) is 5.44. The van der Waals surface area contributed by atoms with Gasteiger partial charge in [0.05, 0.1) is 6.54 Å². The Morgan fingerprint density at radius 2 is 1.66 bits per heavy atom. The molecular formula is C34H30ClNO5. The second-order valence-corrected chi connectivity index (χ2v) is 11.6. The lowest BCUT2D eigenvalue weighted by molar-refractivity contribution is 0.0687. The molecule has 0 unspecified atom stereocenters. The second-order valence-electron chi connectivity index (χ2n) is 11.2. The maximum atomic E-state index is 12.8. The van der Waals surface area contributed by atoms with Crippen molar-refractivity contribution in [3.63, 3.8) is 0 Å². The van der Waals surface area contributed by atoms with Gasteiger partial charge in [-0.3, -0.25) is 0 Å². The van der Waals surface area contributed by atoms with Gasteiger partial charge in [-0.25, -0.2) is 4.79 Å². The fraction of sp³-hybridized carbons (Fsp3) is 0.206. The summed E-state index contributed by atoms with van der Waals surface area (Å²) in [7, 11) is 0. The number of carboxylic acids is 1. The highest BCUT2D eigenvalue weighted by atomic mass is 35.5. The van der Waals surface area contributed by atoms with E-state index in [4.69, 9.17) is 25.8 Å². The van der Waals surface area contributed by atoms with Gasteiger partial charge in [0.2, 0.25) is 6.79 Å². The molecule has 41 heavy (non-hydrogen) atoms. The molecular weight excluding hydrogens is 538 g/mol. The van der Waals surface area contributed by atoms with Crippen LogP contribution in [0.4, 0.5) is 0 Å². The molecule has 0 radical (unpaired) electrons. The highest BCUT2D eigenvalue weighted by Crippen LogP contribution is 2.40. The molecule has 1 aromatic heterocycles. The SMILES string of the molecule is CC(C)(C)c1ccc(COc2ccc3c(c2)c(-c2ccccc2)c(C(=O)O)n3Cc2cc3c(cc2Cl)OCO3)cc1. The quantitative estimate of drug-likeness (QED) is 0.214. The molecule has 1 aliphatic heterocycles. The van der Waals surface area contributed by atoms with Crippen molar-refractivity contribution in [1.29, 1.82) is 0 Å². The average Bonchev–Trinajstić information content (AvgIpc) is 3.54. The number of nitrogens with zero attached hydrogens (tertiary/aromatic N) is 1. The minimum atomic E-state index is -1.03. The van der Waals surface area contributed by atoms with Crippen LogP contribution in [0.15, 0.2) is 84.9 Å². The van der Waals surface area contributed by atoms with Gasteiger partial charge in [-0.15, -0.1) is 0 Å². The van der Waals surface area contributed by atoms with Gasteiger partial charge < -0.3 is 23.9 Å². The van der Waals surface area contributed by atoms with E-state index < -0.39 is 5.97 Å². The summed E-state index contributed by atoms with van der Waals surface area (Å²) in [5.41, 5.74) is 5.51. The van der Waals surface area contributed by atoms with Crippen LogP contribution in [0, 0.1) is 0 Å². The molecule has 7 heteroatoms. The number of ether oxygens (including phenoxy) is 3. The van der Waals surface area contributed by atoms with E-state index in [1.165, 1.54) is 5.56 Å². The summed E-state index contributed by atoms with van der Waals surface area (Å²) in [5, 5.41) is 11.7. The first-order valence-corrected chi connectivity index (χ1v) is 13.8. The average molecular weight is 568 g/mol. The minimum absolute atomic E-state index is 0.0814. The molecule has 0 saturated carbocycles. The highest BCUT2D eigenvalue weighted by Gasteiger charge is 2.26. The van der Waals surface area contributed by atoms with Crippen molar-refractivity contribution in [3.8, 4) is 28.4 Å². The standard InChI is InChI=1S/C34H30ClNO5/c1-34(2,3)24-11-9-21(10-12-24)19-39-25-13-14-28-26(16-25)31(22-7-5-4-6-8-22)32(33(37)38)36(28)18-23-15-29-30(17-27(23)35)41-20-40-29/h4-17H,18-20H2,1-3H3,(H,37,38). The summed E-state index contributed by atoms with van der Waals surface area (Å²) < 4.78 is 19.0. The molecule has 0 saturated heterocycles. The third-order valence-corrected chi connectivity index (χ3v) is 7.75. The van der Waals surface area contributed by atoms with Crippen LogP contribution in [0.1, 0.15) is 48.0 Å². The number of rotatable bonds is 7. The van der Waals surface area contributed by atoms with Crippen LogP contribution in [-0.4, -0.2) is 22.4 Å². The lowest BCUT2D eigenvalue weighted by Gasteiger charge is -2.19. The molecule has 0 spiro atoms. The van der Waals surface area contributed by atoms with Crippen molar-refractivity contribution in [2.45, 2.75) is 39.3 Å². The number of halogens is 1. The first-order chi connectivity index (χ1) is 19.7. The molecule has 0 fully saturated rings. The van der Waals surface area contributed by atoms with Crippen LogP contribution in [0.2, 0.25) is 5.02 Å². The number of aromatic nitrogens is 1. The van der Waals surface area contributed by atoms with Crippen LogP contribution in [-0.2, 0) is 18.6 Å². The van der Waals surface area contributed by atoms with Crippen molar-refractivity contribution in [2.75, 3.05) is 6.79 Å². The Hall–Kier alpha value is -4.42. The summed E-state index contributed by atoms with van der Waals surface area (Å²) in [6.07, 6.45) is 0. The number of fused-ring (bicyclic) bond motifs is 2. The Kier molecular flexibility index (Phi) is 6.88. The molecule has 0 amide bonds. The van der Waals surface area contributed by atoms with E-state index in [1.54, 1.807) is 10.6 Å². The molecule has 2 heterocycles. The monoisotopic (exact) mass is 567 g/mol. The van der Waals surface area contributed by atoms with E-state index in [0.29, 0.717) is 34.4 Å². The first kappa shape index (κ1) is 26.8. The van der Waals surface area contributed by atoms with Gasteiger partial charge in [0, 0.05) is 27.6 Å². The molecule has 6 nitrogen and oxygen atoms in total. The molecule has 1 N–H and O–H groups in total. The van der Waals surface area contributed by atoms with E-state index >= 15 is 0 Å². The Balaban J connectivity index is 1.42. The van der Waals surface area contributed by atoms with Crippen molar-refractivity contribution < 1.29 is 24.1 Å². The molecule has 0 aliphatic carbocycles. The maximum absolute atomic E-state index is 12.8. The number of carboxylic acid groups (broad SMARTS) is 1. The van der Waals surface area contributed by atoms with E-state index in [-0.39, 0.29) is 24.4 Å². The van der Waals surface area contributed by atoms with Gasteiger partial charge in [0.25, 0.3) is 0 Å². The van der Waals surface area contributed by atoms with Gasteiger partial charge >= 0.3 is 5.97 Å². The Morgan fingerprint density at radius 1 is 0.951 bits per heavy atom. The molecule has 208 valence electrons. The third kappa shape index (κ3) is 5.23. The largest absolute Gasteiger partial charge is 0.489 e. The van der Waals surface area contributed by atoms with Crippen molar-refractivity contribution in [2.24, 2.45) is 0 Å². The normalized spacial score (nSPS) is 12.6. The second kappa shape index (κ2) is 10.5. The summed E-state index contributed by atoms with van der Waals surface area (Å²) in [6, 6.07) is 27.2. The number of aromatic carboxylic acids is 1. The van der Waals surface area contributed by atoms with E-state index in [9.17, 15) is 9.90 Å². The highest BCUT2D eigenvalue weighted by molar-refractivity contribution is 6.31. The van der Waals surface area contributed by atoms with E-state index in [2.05, 4.69) is 45.0 Å². The maximum Gasteiger partial charge on any atom is 0.353 e. The topological polar surface area (TPSA) is 69.9 Å². The van der Waals surface area contributed by atoms with Gasteiger partial charge in [0.15, 0.2) is 11.5 Å². The van der Waals surface area contributed by atoms with Crippen LogP contribution in [0.5, 0.6) is 17.2 Å². The molecule has 0 bridgehead atoms. The third-order valence-electron chi connectivity index (χ3n) is 7.40. The van der Waals surface area contributed by atoms with Gasteiger partial charge in [0.1, 0.15) is 18.1 Å². The van der Waals surface area contributed by atoms with Crippen LogP contribution < -0.4 is 14.2 Å². The predicted octanol–water partition coefficient (Wildman–Crippen LogP) is 8.31. The predicted molar refractivity (Wildman–Crippen MR) is 160 cm³/mol. The van der Waals surface area contributed by atoms with Crippen molar-refractivity contribution in [1.82, 2.24) is 4.57 Å². The lowest BCUT2D eigenvalue weighted by atomic mass is 9.87. The zero-order valence-corrected chi connectivity index (χ0v) is 23.9. The summed E-state index contributed by atoms with van der Waals surface area (Å²) in [4.78, 5) is 12.8. The number of carbonyl (C=O) groups is 1. The zero-order chi connectivity index (χ0) is 28.7. The molecule has 1 aliphatic rings. The smallest absolute Gasteiger partial charge is 0.353 e. The summed E-state index contributed by atoms with van der Waals surface area (Å²) in [6.45, 7) is 7.34. The summed E-state index contributed by atoms with van der Waals surface area (Å²) in [5.74, 6) is 0.796. The van der Waals surface area contributed by atoms with Crippen LogP contribution >= 0.6 is 11.6 Å². The fourth-order valence-electron chi connectivity index (χ4n) is 5.23. The number of benzene rings is 4. The van der Waals surface area contributed by atoms with Gasteiger partial charge in [-0.1, -0.05) is 87.0 Å². The molecule has 4 aromatic carbocycles. The Labute approximate surface area is 243 Å². The van der Waals surface area contributed by atoms with E-state index in [0.717, 1.165) is 27.6 Å². The van der Waals surface area contributed by atoms with Crippen molar-refractivity contribution >= 4 is 28.5 Å². The zero-order valence-electron chi connectivity index (χ0n) is 23.1. The summed E-state index contributed by atoms with van der Waals surface area (Å²) >= 11 is 6.61. The molecule has 6 rings (SSSR count). The van der Waals surface area contributed by atoms with E-state index in [1.807, 2.05) is 54.6 Å². The minimum Gasteiger partial charge on any atom is -0.489 e. The molecule has 0 atom stereocenters. The van der Waals surface area contributed by atoms with Crippen LogP contribution in [0.25, 0.3) is 22.0 Å². The van der Waals surface area contributed by atoms with Gasteiger partial charge in [-0.2, -0.15) is 0 Å². The Bertz CT molecular complexity index is 1750. The first-order valence-electron chi connectivity index (χ1n) is 13.4. The van der Waals surface area contributed by atoms with Crippen molar-refractivity contribution in [3.05, 3.63) is 112 Å². The van der Waals surface area contributed by atoms with Crippen LogP contribution in [0.3, 0.4) is 0 Å². The lowest BCUT2D eigenvalue weighted by Crippen LogP contribution is -2.11. The number of hydrogen-bond donors (Lipinski definition) is 1. The molecule has 5 aromatic rings. The van der Waals surface area contributed by atoms with Gasteiger partial charge in [-0.05, 0) is 51.9 Å².